The fraction of sp³-hybridized carbons (Fsp3) is 0.263. The van der Waals surface area contributed by atoms with Crippen LogP contribution in [-0.2, 0) is 22.6 Å². The van der Waals surface area contributed by atoms with Crippen molar-refractivity contribution in [2.24, 2.45) is 0 Å². The highest BCUT2D eigenvalue weighted by molar-refractivity contribution is 7.18. The number of nitrogens with one attached hydrogen (secondary N) is 2. The molecule has 6 nitrogen and oxygen atoms in total. The van der Waals surface area contributed by atoms with Gasteiger partial charge in [-0.2, -0.15) is 0 Å². The minimum Gasteiger partial charge on any atom is -0.351 e. The zero-order valence-corrected chi connectivity index (χ0v) is 16.7. The van der Waals surface area contributed by atoms with Crippen molar-refractivity contribution in [2.45, 2.75) is 33.2 Å². The van der Waals surface area contributed by atoms with E-state index in [1.165, 1.54) is 18.3 Å². The molecular formula is C19H20N4O2S2. The number of hydrogen-bond acceptors (Lipinski definition) is 6. The number of nitrogens with zero attached hydrogens (tertiary/aromatic N) is 2. The van der Waals surface area contributed by atoms with Crippen LogP contribution >= 0.6 is 22.7 Å². The Morgan fingerprint density at radius 2 is 1.89 bits per heavy atom. The van der Waals surface area contributed by atoms with Crippen LogP contribution in [0.2, 0.25) is 0 Å². The van der Waals surface area contributed by atoms with Crippen molar-refractivity contribution in [1.82, 2.24) is 15.3 Å². The van der Waals surface area contributed by atoms with Gasteiger partial charge in [-0.3, -0.25) is 14.6 Å². The van der Waals surface area contributed by atoms with Gasteiger partial charge in [-0.15, -0.1) is 22.7 Å². The van der Waals surface area contributed by atoms with Crippen molar-refractivity contribution in [3.8, 4) is 10.6 Å². The smallest absolute Gasteiger partial charge is 0.226 e. The summed E-state index contributed by atoms with van der Waals surface area (Å²) in [6.07, 6.45) is 4.52. The molecule has 0 aliphatic rings. The molecule has 0 fully saturated rings. The molecule has 3 heterocycles. The minimum atomic E-state index is -0.0513. The number of pyridine rings is 1. The number of carbonyl (C=O) groups is 2. The van der Waals surface area contributed by atoms with Gasteiger partial charge < -0.3 is 10.6 Å². The largest absolute Gasteiger partial charge is 0.351 e. The lowest BCUT2D eigenvalue weighted by atomic mass is 10.1. The standard InChI is InChI=1S/C19H20N4O2S2/c1-12-18(16-5-4-15(27-16)11-21-13(2)24)23-19(26-12)22-17(25)6-3-14-7-9-20-10-8-14/h4-5,7-10H,3,6,11H2,1-2H3,(H,21,24)(H,22,23,25). The lowest BCUT2D eigenvalue weighted by Crippen LogP contribution is -2.17. The van der Waals surface area contributed by atoms with E-state index >= 15 is 0 Å². The zero-order valence-electron chi connectivity index (χ0n) is 15.1. The van der Waals surface area contributed by atoms with Gasteiger partial charge in [0, 0.05) is 35.5 Å². The number of aromatic nitrogens is 2. The van der Waals surface area contributed by atoms with Gasteiger partial charge in [-0.1, -0.05) is 0 Å². The number of carbonyl (C=O) groups excluding carboxylic acids is 2. The highest BCUT2D eigenvalue weighted by Crippen LogP contribution is 2.34. The first kappa shape index (κ1) is 19.2. The van der Waals surface area contributed by atoms with E-state index in [1.54, 1.807) is 23.7 Å². The van der Waals surface area contributed by atoms with Gasteiger partial charge in [0.15, 0.2) is 5.13 Å². The second-order valence-electron chi connectivity index (χ2n) is 6.00. The molecule has 0 saturated heterocycles. The summed E-state index contributed by atoms with van der Waals surface area (Å²) in [5.74, 6) is -0.101. The second-order valence-corrected chi connectivity index (χ2v) is 8.37. The van der Waals surface area contributed by atoms with E-state index in [0.29, 0.717) is 24.5 Å². The molecule has 8 heteroatoms. The molecule has 0 saturated carbocycles. The maximum absolute atomic E-state index is 12.2. The molecule has 0 aliphatic heterocycles. The van der Waals surface area contributed by atoms with E-state index in [9.17, 15) is 9.59 Å². The fourth-order valence-corrected chi connectivity index (χ4v) is 4.38. The monoisotopic (exact) mass is 400 g/mol. The van der Waals surface area contributed by atoms with E-state index in [1.807, 2.05) is 31.2 Å². The normalized spacial score (nSPS) is 10.6. The quantitative estimate of drug-likeness (QED) is 0.632. The number of anilines is 1. The van der Waals surface area contributed by atoms with Crippen LogP contribution < -0.4 is 10.6 Å². The fourth-order valence-electron chi connectivity index (χ4n) is 2.48. The third kappa shape index (κ3) is 5.45. The molecule has 0 spiro atoms. The van der Waals surface area contributed by atoms with E-state index in [2.05, 4.69) is 20.6 Å². The van der Waals surface area contributed by atoms with E-state index in [0.717, 1.165) is 25.9 Å². The summed E-state index contributed by atoms with van der Waals surface area (Å²) in [5.41, 5.74) is 1.96. The van der Waals surface area contributed by atoms with Crippen LogP contribution in [-0.4, -0.2) is 21.8 Å². The third-order valence-corrected chi connectivity index (χ3v) is 5.82. The lowest BCUT2D eigenvalue weighted by molar-refractivity contribution is -0.119. The van der Waals surface area contributed by atoms with E-state index in [-0.39, 0.29) is 11.8 Å². The summed E-state index contributed by atoms with van der Waals surface area (Å²) in [4.78, 5) is 34.9. The Kier molecular flexibility index (Phi) is 6.31. The van der Waals surface area contributed by atoms with Gasteiger partial charge in [0.1, 0.15) is 0 Å². The van der Waals surface area contributed by atoms with Crippen molar-refractivity contribution in [3.63, 3.8) is 0 Å². The second kappa shape index (κ2) is 8.88. The van der Waals surface area contributed by atoms with Crippen molar-refractivity contribution in [1.29, 1.82) is 0 Å². The Balaban J connectivity index is 1.60. The Labute approximate surface area is 165 Å². The molecule has 0 unspecified atom stereocenters. The Morgan fingerprint density at radius 1 is 1.11 bits per heavy atom. The maximum atomic E-state index is 12.2. The summed E-state index contributed by atoms with van der Waals surface area (Å²) >= 11 is 3.06. The average Bonchev–Trinajstić information content (AvgIpc) is 3.25. The highest BCUT2D eigenvalue weighted by atomic mass is 32.1. The van der Waals surface area contributed by atoms with Gasteiger partial charge in [-0.25, -0.2) is 4.98 Å². The first-order valence-electron chi connectivity index (χ1n) is 8.51. The Hall–Kier alpha value is -2.58. The number of thiophene rings is 1. The van der Waals surface area contributed by atoms with Gasteiger partial charge >= 0.3 is 0 Å². The topological polar surface area (TPSA) is 84.0 Å². The van der Waals surface area contributed by atoms with Crippen molar-refractivity contribution >= 4 is 39.6 Å². The molecule has 3 aromatic rings. The van der Waals surface area contributed by atoms with Gasteiger partial charge in [0.2, 0.25) is 11.8 Å². The van der Waals surface area contributed by atoms with Gasteiger partial charge in [-0.05, 0) is 43.2 Å². The summed E-state index contributed by atoms with van der Waals surface area (Å²) in [6.45, 7) is 4.01. The molecule has 140 valence electrons. The molecule has 0 radical (unpaired) electrons. The summed E-state index contributed by atoms with van der Waals surface area (Å²) in [7, 11) is 0. The predicted molar refractivity (Wildman–Crippen MR) is 109 cm³/mol. The van der Waals surface area contributed by atoms with Crippen LogP contribution in [0.5, 0.6) is 0 Å². The maximum Gasteiger partial charge on any atom is 0.226 e. The molecule has 3 rings (SSSR count). The summed E-state index contributed by atoms with van der Waals surface area (Å²) < 4.78 is 0. The summed E-state index contributed by atoms with van der Waals surface area (Å²) in [5, 5.41) is 6.29. The first-order valence-corrected chi connectivity index (χ1v) is 10.1. The van der Waals surface area contributed by atoms with Crippen LogP contribution in [0, 0.1) is 6.92 Å². The number of hydrogen-bond donors (Lipinski definition) is 2. The molecule has 0 atom stereocenters. The highest BCUT2D eigenvalue weighted by Gasteiger charge is 2.14. The van der Waals surface area contributed by atoms with Crippen molar-refractivity contribution in [2.75, 3.05) is 5.32 Å². The van der Waals surface area contributed by atoms with Gasteiger partial charge in [0.25, 0.3) is 0 Å². The summed E-state index contributed by atoms with van der Waals surface area (Å²) in [6, 6.07) is 7.81. The molecule has 27 heavy (non-hydrogen) atoms. The van der Waals surface area contributed by atoms with Crippen LogP contribution in [0.4, 0.5) is 5.13 Å². The first-order chi connectivity index (χ1) is 13.0. The molecule has 2 N–H and O–H groups in total. The molecule has 2 amide bonds. The molecule has 0 bridgehead atoms. The van der Waals surface area contributed by atoms with Crippen LogP contribution in [0.15, 0.2) is 36.7 Å². The minimum absolute atomic E-state index is 0.0495. The zero-order chi connectivity index (χ0) is 19.2. The van der Waals surface area contributed by atoms with Gasteiger partial charge in [0.05, 0.1) is 17.1 Å². The Morgan fingerprint density at radius 3 is 2.63 bits per heavy atom. The average molecular weight is 401 g/mol. The number of amides is 2. The lowest BCUT2D eigenvalue weighted by Gasteiger charge is -2.01. The van der Waals surface area contributed by atoms with E-state index in [4.69, 9.17) is 0 Å². The third-order valence-electron chi connectivity index (χ3n) is 3.84. The van der Waals surface area contributed by atoms with Crippen LogP contribution in [0.1, 0.15) is 28.7 Å². The molecular weight excluding hydrogens is 380 g/mol. The molecule has 3 aromatic heterocycles. The molecule has 0 aliphatic carbocycles. The number of aryl methyl sites for hydroxylation is 2. The molecule has 0 aromatic carbocycles. The Bertz CT molecular complexity index is 934. The number of thiazole rings is 1. The number of rotatable bonds is 7. The van der Waals surface area contributed by atoms with Crippen LogP contribution in [0.3, 0.4) is 0 Å². The van der Waals surface area contributed by atoms with Crippen molar-refractivity contribution < 1.29 is 9.59 Å². The predicted octanol–water partition coefficient (Wildman–Crippen LogP) is 3.78. The van der Waals surface area contributed by atoms with Crippen LogP contribution in [0.25, 0.3) is 10.6 Å². The van der Waals surface area contributed by atoms with E-state index < -0.39 is 0 Å². The SMILES string of the molecule is CC(=O)NCc1ccc(-c2nc(NC(=O)CCc3ccncc3)sc2C)s1. The van der Waals surface area contributed by atoms with Crippen molar-refractivity contribution in [3.05, 3.63) is 52.0 Å².